The van der Waals surface area contributed by atoms with Crippen LogP contribution in [0.15, 0.2) is 85.2 Å². The Morgan fingerprint density at radius 1 is 0.933 bits per heavy atom. The topological polar surface area (TPSA) is 67.2 Å². The van der Waals surface area contributed by atoms with Gasteiger partial charge in [0.1, 0.15) is 5.54 Å². The molecule has 1 unspecified atom stereocenters. The molecule has 0 bridgehead atoms. The minimum absolute atomic E-state index is 0.165. The van der Waals surface area contributed by atoms with Gasteiger partial charge < -0.3 is 5.32 Å². The number of amides is 3. The summed E-state index contributed by atoms with van der Waals surface area (Å²) in [5.41, 5.74) is 1.38. The van der Waals surface area contributed by atoms with E-state index in [0.29, 0.717) is 0 Å². The number of para-hydroxylation sites is 1. The molecule has 0 radical (unpaired) electrons. The Bertz CT molecular complexity index is 1260. The lowest BCUT2D eigenvalue weighted by Crippen LogP contribution is -2.41. The Morgan fingerprint density at radius 3 is 2.50 bits per heavy atom. The summed E-state index contributed by atoms with van der Waals surface area (Å²) >= 11 is 0. The van der Waals surface area contributed by atoms with Gasteiger partial charge in [-0.05, 0) is 35.4 Å². The van der Waals surface area contributed by atoms with E-state index in [1.807, 2.05) is 79.0 Å². The van der Waals surface area contributed by atoms with E-state index in [1.165, 1.54) is 4.90 Å². The molecule has 3 amide bonds. The van der Waals surface area contributed by atoms with E-state index >= 15 is 0 Å². The van der Waals surface area contributed by atoms with Gasteiger partial charge in [0.05, 0.1) is 18.4 Å². The molecule has 4 aromatic rings. The highest BCUT2D eigenvalue weighted by molar-refractivity contribution is 6.09. The molecule has 1 saturated heterocycles. The van der Waals surface area contributed by atoms with Gasteiger partial charge in [-0.1, -0.05) is 60.7 Å². The van der Waals surface area contributed by atoms with E-state index < -0.39 is 11.6 Å². The number of fused-ring (bicyclic) bond motifs is 1. The molecule has 148 valence electrons. The van der Waals surface area contributed by atoms with Gasteiger partial charge in [0.25, 0.3) is 5.91 Å². The Kier molecular flexibility index (Phi) is 4.13. The fourth-order valence-electron chi connectivity index (χ4n) is 4.03. The maximum absolute atomic E-state index is 13.4. The third kappa shape index (κ3) is 2.85. The zero-order valence-electron chi connectivity index (χ0n) is 16.4. The second-order valence-electron chi connectivity index (χ2n) is 7.60. The number of nitrogens with zero attached hydrogens (tertiary/aromatic N) is 3. The van der Waals surface area contributed by atoms with Crippen molar-refractivity contribution in [1.82, 2.24) is 20.0 Å². The predicted molar refractivity (Wildman–Crippen MR) is 114 cm³/mol. The average Bonchev–Trinajstić information content (AvgIpc) is 3.33. The third-order valence-corrected chi connectivity index (χ3v) is 5.60. The standard InChI is InChI=1S/C24H20N4O2/c1-24(21-13-7-9-18-8-5-6-12-20(18)21)22(29)27(23(30)26-24)15-17-14-25-28(16-17)19-10-3-2-4-11-19/h2-14,16H,15H2,1H3,(H,26,30). The van der Waals surface area contributed by atoms with Crippen LogP contribution in [0.25, 0.3) is 16.5 Å². The minimum atomic E-state index is -1.12. The highest BCUT2D eigenvalue weighted by Crippen LogP contribution is 2.34. The number of aromatic nitrogens is 2. The monoisotopic (exact) mass is 396 g/mol. The van der Waals surface area contributed by atoms with Crippen molar-refractivity contribution in [2.75, 3.05) is 0 Å². The molecule has 1 fully saturated rings. The van der Waals surface area contributed by atoms with Crippen molar-refractivity contribution >= 4 is 22.7 Å². The minimum Gasteiger partial charge on any atom is -0.319 e. The van der Waals surface area contributed by atoms with Gasteiger partial charge >= 0.3 is 6.03 Å². The molecule has 3 aromatic carbocycles. The molecule has 6 heteroatoms. The Labute approximate surface area is 173 Å². The molecular weight excluding hydrogens is 376 g/mol. The van der Waals surface area contributed by atoms with Crippen molar-refractivity contribution in [3.05, 3.63) is 96.3 Å². The van der Waals surface area contributed by atoms with E-state index in [9.17, 15) is 9.59 Å². The van der Waals surface area contributed by atoms with E-state index in [1.54, 1.807) is 17.8 Å². The average molecular weight is 396 g/mol. The number of urea groups is 1. The number of carbonyl (C=O) groups excluding carboxylic acids is 2. The van der Waals surface area contributed by atoms with E-state index in [4.69, 9.17) is 0 Å². The molecule has 2 heterocycles. The van der Waals surface area contributed by atoms with Gasteiger partial charge in [0, 0.05) is 11.8 Å². The quantitative estimate of drug-likeness (QED) is 0.531. The summed E-state index contributed by atoms with van der Waals surface area (Å²) in [5.74, 6) is -0.267. The maximum Gasteiger partial charge on any atom is 0.325 e. The number of benzene rings is 3. The summed E-state index contributed by atoms with van der Waals surface area (Å²) in [4.78, 5) is 27.4. The van der Waals surface area contributed by atoms with E-state index in [0.717, 1.165) is 27.6 Å². The highest BCUT2D eigenvalue weighted by atomic mass is 16.2. The SMILES string of the molecule is CC1(c2cccc3ccccc23)NC(=O)N(Cc2cnn(-c3ccccc3)c2)C1=O. The van der Waals surface area contributed by atoms with Crippen molar-refractivity contribution in [3.63, 3.8) is 0 Å². The highest BCUT2D eigenvalue weighted by Gasteiger charge is 2.49. The molecule has 0 aliphatic carbocycles. The van der Waals surface area contributed by atoms with Gasteiger partial charge in [-0.2, -0.15) is 5.10 Å². The molecule has 1 N–H and O–H groups in total. The second-order valence-corrected chi connectivity index (χ2v) is 7.60. The van der Waals surface area contributed by atoms with Crippen LogP contribution in [-0.4, -0.2) is 26.6 Å². The fourth-order valence-corrected chi connectivity index (χ4v) is 4.03. The van der Waals surface area contributed by atoms with Crippen LogP contribution in [0.1, 0.15) is 18.1 Å². The zero-order chi connectivity index (χ0) is 20.7. The van der Waals surface area contributed by atoms with Gasteiger partial charge in [-0.15, -0.1) is 0 Å². The smallest absolute Gasteiger partial charge is 0.319 e. The molecule has 1 aliphatic heterocycles. The van der Waals surface area contributed by atoms with Crippen LogP contribution >= 0.6 is 0 Å². The Balaban J connectivity index is 1.45. The summed E-state index contributed by atoms with van der Waals surface area (Å²) in [5, 5.41) is 9.25. The molecular formula is C24H20N4O2. The molecule has 0 saturated carbocycles. The summed E-state index contributed by atoms with van der Waals surface area (Å²) in [6.07, 6.45) is 3.52. The lowest BCUT2D eigenvalue weighted by Gasteiger charge is -2.24. The lowest BCUT2D eigenvalue weighted by molar-refractivity contribution is -0.131. The van der Waals surface area contributed by atoms with E-state index in [2.05, 4.69) is 10.4 Å². The Morgan fingerprint density at radius 2 is 1.67 bits per heavy atom. The number of nitrogens with one attached hydrogen (secondary N) is 1. The Hall–Kier alpha value is -3.93. The number of rotatable bonds is 4. The molecule has 1 aromatic heterocycles. The summed E-state index contributed by atoms with van der Waals surface area (Å²) < 4.78 is 1.73. The van der Waals surface area contributed by atoms with Crippen LogP contribution in [0.3, 0.4) is 0 Å². The number of hydrogen-bond donors (Lipinski definition) is 1. The second kappa shape index (κ2) is 6.84. The first-order chi connectivity index (χ1) is 14.6. The van der Waals surface area contributed by atoms with Crippen molar-refractivity contribution < 1.29 is 9.59 Å². The van der Waals surface area contributed by atoms with Crippen LogP contribution < -0.4 is 5.32 Å². The summed E-state index contributed by atoms with van der Waals surface area (Å²) in [7, 11) is 0. The van der Waals surface area contributed by atoms with Crippen molar-refractivity contribution in [2.24, 2.45) is 0 Å². The maximum atomic E-state index is 13.4. The molecule has 1 atom stereocenters. The first kappa shape index (κ1) is 18.1. The van der Waals surface area contributed by atoms with E-state index in [-0.39, 0.29) is 12.5 Å². The number of imide groups is 1. The van der Waals surface area contributed by atoms with Gasteiger partial charge in [0.2, 0.25) is 0 Å². The van der Waals surface area contributed by atoms with Crippen LogP contribution in [0, 0.1) is 0 Å². The van der Waals surface area contributed by atoms with Gasteiger partial charge in [0.15, 0.2) is 0 Å². The summed E-state index contributed by atoms with van der Waals surface area (Å²) in [6, 6.07) is 23.0. The number of carbonyl (C=O) groups is 2. The largest absolute Gasteiger partial charge is 0.325 e. The van der Waals surface area contributed by atoms with Crippen LogP contribution in [0.5, 0.6) is 0 Å². The first-order valence-corrected chi connectivity index (χ1v) is 9.77. The molecule has 5 rings (SSSR count). The van der Waals surface area contributed by atoms with Crippen molar-refractivity contribution in [2.45, 2.75) is 19.0 Å². The first-order valence-electron chi connectivity index (χ1n) is 9.77. The normalized spacial score (nSPS) is 18.8. The van der Waals surface area contributed by atoms with Crippen LogP contribution in [0.2, 0.25) is 0 Å². The molecule has 0 spiro atoms. The lowest BCUT2D eigenvalue weighted by atomic mass is 9.88. The van der Waals surface area contributed by atoms with Crippen molar-refractivity contribution in [3.8, 4) is 5.69 Å². The number of hydrogen-bond acceptors (Lipinski definition) is 3. The molecule has 30 heavy (non-hydrogen) atoms. The van der Waals surface area contributed by atoms with Crippen LogP contribution in [0.4, 0.5) is 4.79 Å². The van der Waals surface area contributed by atoms with Crippen molar-refractivity contribution in [1.29, 1.82) is 0 Å². The fraction of sp³-hybridized carbons (Fsp3) is 0.125. The van der Waals surface area contributed by atoms with Gasteiger partial charge in [-0.25, -0.2) is 9.48 Å². The molecule has 6 nitrogen and oxygen atoms in total. The zero-order valence-corrected chi connectivity index (χ0v) is 16.4. The third-order valence-electron chi connectivity index (χ3n) is 5.60. The van der Waals surface area contributed by atoms with Gasteiger partial charge in [-0.3, -0.25) is 9.69 Å². The predicted octanol–water partition coefficient (Wildman–Crippen LogP) is 3.99. The molecule has 1 aliphatic rings. The van der Waals surface area contributed by atoms with Crippen LogP contribution in [-0.2, 0) is 16.9 Å². The summed E-state index contributed by atoms with van der Waals surface area (Å²) in [6.45, 7) is 1.93.